The van der Waals surface area contributed by atoms with E-state index >= 15 is 0 Å². The maximum Gasteiger partial charge on any atom is 0.0801 e. The molecule has 0 aliphatic carbocycles. The second kappa shape index (κ2) is 6.18. The number of benzene rings is 2. The summed E-state index contributed by atoms with van der Waals surface area (Å²) in [6.07, 6.45) is 5.71. The third kappa shape index (κ3) is 3.08. The van der Waals surface area contributed by atoms with Crippen LogP contribution in [0.15, 0.2) is 67.3 Å². The zero-order valence-electron chi connectivity index (χ0n) is 10.7. The first-order valence-corrected chi connectivity index (χ1v) is 6.19. The minimum Gasteiger partial charge on any atom is -0.370 e. The van der Waals surface area contributed by atoms with Crippen molar-refractivity contribution in [3.8, 4) is 0 Å². The molecule has 2 rings (SSSR count). The van der Waals surface area contributed by atoms with Crippen molar-refractivity contribution in [3.63, 3.8) is 0 Å². The van der Waals surface area contributed by atoms with E-state index < -0.39 is 0 Å². The van der Waals surface area contributed by atoms with Gasteiger partial charge in [-0.15, -0.1) is 0 Å². The van der Waals surface area contributed by atoms with E-state index in [2.05, 4.69) is 56.0 Å². The monoisotopic (exact) mass is 238 g/mol. The molecule has 0 aliphatic rings. The molecule has 0 aliphatic heterocycles. The molecule has 2 aromatic carbocycles. The molecule has 1 heteroatoms. The summed E-state index contributed by atoms with van der Waals surface area (Å²) >= 11 is 0. The Hall–Kier alpha value is -1.86. The van der Waals surface area contributed by atoms with Crippen molar-refractivity contribution in [2.45, 2.75) is 13.0 Å². The number of rotatable bonds is 5. The normalized spacial score (nSPS) is 12.9. The molecule has 1 unspecified atom stereocenters. The van der Waals surface area contributed by atoms with Crippen LogP contribution in [0.1, 0.15) is 18.6 Å². The highest BCUT2D eigenvalue weighted by Gasteiger charge is 2.05. The molecule has 0 fully saturated rings. The fourth-order valence-electron chi connectivity index (χ4n) is 1.91. The Labute approximate surface area is 108 Å². The number of hydrogen-bond donors (Lipinski definition) is 0. The highest BCUT2D eigenvalue weighted by Crippen LogP contribution is 2.22. The molecule has 1 nitrogen and oxygen atoms in total. The van der Waals surface area contributed by atoms with Crippen LogP contribution in [-0.4, -0.2) is 6.61 Å². The number of hydrogen-bond acceptors (Lipinski definition) is 1. The fourth-order valence-corrected chi connectivity index (χ4v) is 1.91. The highest BCUT2D eigenvalue weighted by atomic mass is 16.5. The Kier molecular flexibility index (Phi) is 4.32. The summed E-state index contributed by atoms with van der Waals surface area (Å²) in [5.74, 6) is 0. The van der Waals surface area contributed by atoms with E-state index in [0.717, 1.165) is 0 Å². The Morgan fingerprint density at radius 2 is 1.94 bits per heavy atom. The van der Waals surface area contributed by atoms with Crippen molar-refractivity contribution < 1.29 is 4.74 Å². The zero-order chi connectivity index (χ0) is 12.8. The number of ether oxygens (including phenoxy) is 1. The smallest absolute Gasteiger partial charge is 0.0801 e. The van der Waals surface area contributed by atoms with Gasteiger partial charge in [-0.05, 0) is 29.3 Å². The van der Waals surface area contributed by atoms with Crippen molar-refractivity contribution >= 4 is 10.8 Å². The molecule has 0 saturated carbocycles. The summed E-state index contributed by atoms with van der Waals surface area (Å²) in [6.45, 7) is 6.31. The highest BCUT2D eigenvalue weighted by molar-refractivity contribution is 5.83. The number of allylic oxidation sites excluding steroid dienone is 2. The van der Waals surface area contributed by atoms with Gasteiger partial charge in [0.15, 0.2) is 0 Å². The molecule has 18 heavy (non-hydrogen) atoms. The van der Waals surface area contributed by atoms with Crippen LogP contribution in [0, 0.1) is 0 Å². The van der Waals surface area contributed by atoms with E-state index in [9.17, 15) is 0 Å². The Balaban J connectivity index is 2.10. The number of fused-ring (bicyclic) bond motifs is 1. The fraction of sp³-hybridized carbons (Fsp3) is 0.176. The summed E-state index contributed by atoms with van der Waals surface area (Å²) in [4.78, 5) is 0. The zero-order valence-corrected chi connectivity index (χ0v) is 10.7. The summed E-state index contributed by atoms with van der Waals surface area (Å²) in [6, 6.07) is 14.8. The van der Waals surface area contributed by atoms with Crippen LogP contribution in [0.4, 0.5) is 0 Å². The van der Waals surface area contributed by atoms with Crippen molar-refractivity contribution in [3.05, 3.63) is 72.8 Å². The second-order valence-corrected chi connectivity index (χ2v) is 4.25. The minimum absolute atomic E-state index is 0.101. The lowest BCUT2D eigenvalue weighted by molar-refractivity contribution is 0.0887. The van der Waals surface area contributed by atoms with E-state index in [1.165, 1.54) is 16.3 Å². The summed E-state index contributed by atoms with van der Waals surface area (Å²) < 4.78 is 5.74. The van der Waals surface area contributed by atoms with Gasteiger partial charge in [-0.1, -0.05) is 61.2 Å². The van der Waals surface area contributed by atoms with E-state index in [1.54, 1.807) is 6.08 Å². The van der Waals surface area contributed by atoms with Crippen LogP contribution in [-0.2, 0) is 4.74 Å². The molecule has 0 amide bonds. The first-order valence-electron chi connectivity index (χ1n) is 6.19. The first-order chi connectivity index (χ1) is 8.81. The van der Waals surface area contributed by atoms with Crippen LogP contribution >= 0.6 is 0 Å². The van der Waals surface area contributed by atoms with Crippen molar-refractivity contribution in [2.75, 3.05) is 6.61 Å². The van der Waals surface area contributed by atoms with Crippen LogP contribution < -0.4 is 0 Å². The predicted molar refractivity (Wildman–Crippen MR) is 77.7 cm³/mol. The molecular weight excluding hydrogens is 220 g/mol. The lowest BCUT2D eigenvalue weighted by Gasteiger charge is -2.12. The van der Waals surface area contributed by atoms with Crippen molar-refractivity contribution in [2.24, 2.45) is 0 Å². The van der Waals surface area contributed by atoms with Gasteiger partial charge in [0.1, 0.15) is 0 Å². The molecule has 0 N–H and O–H groups in total. The average Bonchev–Trinajstić information content (AvgIpc) is 2.43. The Bertz CT molecular complexity index is 554. The van der Waals surface area contributed by atoms with E-state index in [1.807, 2.05) is 12.2 Å². The Morgan fingerprint density at radius 1 is 1.17 bits per heavy atom. The molecule has 1 atom stereocenters. The topological polar surface area (TPSA) is 9.23 Å². The van der Waals surface area contributed by atoms with Gasteiger partial charge in [0.25, 0.3) is 0 Å². The second-order valence-electron chi connectivity index (χ2n) is 4.25. The van der Waals surface area contributed by atoms with Gasteiger partial charge in [-0.25, -0.2) is 0 Å². The molecule has 0 spiro atoms. The third-order valence-corrected chi connectivity index (χ3v) is 2.96. The lowest BCUT2D eigenvalue weighted by Crippen LogP contribution is -1.99. The van der Waals surface area contributed by atoms with Gasteiger partial charge in [0.2, 0.25) is 0 Å². The van der Waals surface area contributed by atoms with Crippen LogP contribution in [0.25, 0.3) is 10.8 Å². The quantitative estimate of drug-likeness (QED) is 0.688. The molecule has 92 valence electrons. The molecule has 0 radical (unpaired) electrons. The average molecular weight is 238 g/mol. The van der Waals surface area contributed by atoms with Crippen molar-refractivity contribution in [1.29, 1.82) is 0 Å². The largest absolute Gasteiger partial charge is 0.370 e. The Morgan fingerprint density at radius 3 is 2.72 bits per heavy atom. The van der Waals surface area contributed by atoms with Gasteiger partial charge >= 0.3 is 0 Å². The minimum atomic E-state index is 0.101. The molecule has 0 heterocycles. The van der Waals surface area contributed by atoms with Gasteiger partial charge in [-0.3, -0.25) is 0 Å². The summed E-state index contributed by atoms with van der Waals surface area (Å²) in [5.41, 5.74) is 1.21. The molecular formula is C17H18O. The van der Waals surface area contributed by atoms with Crippen LogP contribution in [0.3, 0.4) is 0 Å². The van der Waals surface area contributed by atoms with Gasteiger partial charge in [0, 0.05) is 0 Å². The maximum atomic E-state index is 5.74. The van der Waals surface area contributed by atoms with E-state index in [-0.39, 0.29) is 6.10 Å². The lowest BCUT2D eigenvalue weighted by atomic mass is 10.0. The van der Waals surface area contributed by atoms with Crippen molar-refractivity contribution in [1.82, 2.24) is 0 Å². The predicted octanol–water partition coefficient (Wildman–Crippen LogP) is 4.66. The molecule has 0 saturated heterocycles. The SMILES string of the molecule is C=CC=CCOC(C)c1ccc2ccccc2c1. The summed E-state index contributed by atoms with van der Waals surface area (Å²) in [7, 11) is 0. The standard InChI is InChI=1S/C17H18O/c1-3-4-7-12-18-14(2)16-11-10-15-8-5-6-9-17(15)13-16/h3-11,13-14H,1,12H2,2H3. The first kappa shape index (κ1) is 12.6. The van der Waals surface area contributed by atoms with E-state index in [4.69, 9.17) is 4.74 Å². The maximum absolute atomic E-state index is 5.74. The van der Waals surface area contributed by atoms with Gasteiger partial charge in [-0.2, -0.15) is 0 Å². The third-order valence-electron chi connectivity index (χ3n) is 2.96. The summed E-state index contributed by atoms with van der Waals surface area (Å²) in [5, 5.41) is 2.52. The molecule has 2 aromatic rings. The van der Waals surface area contributed by atoms with E-state index in [0.29, 0.717) is 6.61 Å². The van der Waals surface area contributed by atoms with Gasteiger partial charge in [0.05, 0.1) is 12.7 Å². The van der Waals surface area contributed by atoms with Gasteiger partial charge < -0.3 is 4.74 Å². The van der Waals surface area contributed by atoms with Crippen LogP contribution in [0.2, 0.25) is 0 Å². The molecule has 0 bridgehead atoms. The molecule has 0 aromatic heterocycles. The van der Waals surface area contributed by atoms with Crippen LogP contribution in [0.5, 0.6) is 0 Å².